The number of thiazole rings is 1. The van der Waals surface area contributed by atoms with Crippen molar-refractivity contribution in [1.82, 2.24) is 9.97 Å². The van der Waals surface area contributed by atoms with Crippen LogP contribution < -0.4 is 5.32 Å². The van der Waals surface area contributed by atoms with Crippen LogP contribution in [0.2, 0.25) is 5.02 Å². The molecule has 29 heavy (non-hydrogen) atoms. The van der Waals surface area contributed by atoms with E-state index in [1.54, 1.807) is 13.8 Å². The molecule has 154 valence electrons. The van der Waals surface area contributed by atoms with E-state index in [-0.39, 0.29) is 12.4 Å². The van der Waals surface area contributed by atoms with Crippen molar-refractivity contribution < 1.29 is 9.90 Å². The van der Waals surface area contributed by atoms with Gasteiger partial charge in [0.05, 0.1) is 5.69 Å². The van der Waals surface area contributed by atoms with Gasteiger partial charge in [-0.2, -0.15) is 0 Å². The quantitative estimate of drug-likeness (QED) is 0.400. The third-order valence-electron chi connectivity index (χ3n) is 4.02. The summed E-state index contributed by atoms with van der Waals surface area (Å²) in [5, 5.41) is 15.2. The molecule has 0 saturated carbocycles. The lowest BCUT2D eigenvalue weighted by Crippen LogP contribution is -2.26. The van der Waals surface area contributed by atoms with Crippen LogP contribution in [0.5, 0.6) is 0 Å². The highest BCUT2D eigenvalue weighted by molar-refractivity contribution is 8.02. The van der Waals surface area contributed by atoms with Crippen molar-refractivity contribution in [2.24, 2.45) is 0 Å². The standard InChI is InChI=1S/C20H20ClN3O2S2.ClH/c1-20(2,18(25)26)28-19-24-16(12-27-19)9-10-22-17-8-5-14(11-23-17)13-3-6-15(21)7-4-13;/h3-8,11-12H,9-10H2,1-2H3,(H,22,23)(H,25,26);1H. The number of halogens is 2. The smallest absolute Gasteiger partial charge is 0.319 e. The molecule has 0 aliphatic heterocycles. The highest BCUT2D eigenvalue weighted by Crippen LogP contribution is 2.34. The molecule has 0 saturated heterocycles. The molecule has 3 rings (SSSR count). The van der Waals surface area contributed by atoms with Gasteiger partial charge in [0.1, 0.15) is 10.6 Å². The van der Waals surface area contributed by atoms with Crippen LogP contribution >= 0.6 is 47.1 Å². The summed E-state index contributed by atoms with van der Waals surface area (Å²) >= 11 is 8.67. The summed E-state index contributed by atoms with van der Waals surface area (Å²) in [5.74, 6) is -0.0430. The first-order valence-electron chi connectivity index (χ1n) is 8.66. The summed E-state index contributed by atoms with van der Waals surface area (Å²) < 4.78 is -0.115. The van der Waals surface area contributed by atoms with Gasteiger partial charge in [0.15, 0.2) is 4.34 Å². The van der Waals surface area contributed by atoms with Gasteiger partial charge < -0.3 is 10.4 Å². The van der Waals surface area contributed by atoms with Crippen LogP contribution in [0.15, 0.2) is 52.3 Å². The lowest BCUT2D eigenvalue weighted by molar-refractivity contribution is -0.138. The van der Waals surface area contributed by atoms with Gasteiger partial charge in [0.2, 0.25) is 0 Å². The predicted octanol–water partition coefficient (Wildman–Crippen LogP) is 5.89. The molecule has 1 aromatic carbocycles. The monoisotopic (exact) mass is 469 g/mol. The van der Waals surface area contributed by atoms with E-state index in [0.717, 1.165) is 33.4 Å². The van der Waals surface area contributed by atoms with Crippen molar-refractivity contribution in [2.75, 3.05) is 11.9 Å². The molecule has 0 radical (unpaired) electrons. The molecular formula is C20H21Cl2N3O2S2. The van der Waals surface area contributed by atoms with Crippen LogP contribution in [0.4, 0.5) is 5.82 Å². The van der Waals surface area contributed by atoms with E-state index in [9.17, 15) is 9.90 Å². The molecule has 3 aromatic rings. The molecular weight excluding hydrogens is 449 g/mol. The van der Waals surface area contributed by atoms with Crippen LogP contribution in [-0.2, 0) is 11.2 Å². The number of nitrogens with zero attached hydrogens (tertiary/aromatic N) is 2. The lowest BCUT2D eigenvalue weighted by atomic mass is 10.1. The Bertz CT molecular complexity index is 945. The Morgan fingerprint density at radius 1 is 1.21 bits per heavy atom. The number of aromatic nitrogens is 2. The molecule has 0 amide bonds. The predicted molar refractivity (Wildman–Crippen MR) is 124 cm³/mol. The van der Waals surface area contributed by atoms with Gasteiger partial charge in [0.25, 0.3) is 0 Å². The molecule has 0 aliphatic rings. The first kappa shape index (κ1) is 23.5. The van der Waals surface area contributed by atoms with Crippen LogP contribution in [0, 0.1) is 0 Å². The molecule has 0 bridgehead atoms. The van der Waals surface area contributed by atoms with Crippen molar-refractivity contribution in [1.29, 1.82) is 0 Å². The lowest BCUT2D eigenvalue weighted by Gasteiger charge is -2.15. The fraction of sp³-hybridized carbons (Fsp3) is 0.250. The fourth-order valence-corrected chi connectivity index (χ4v) is 4.69. The Morgan fingerprint density at radius 2 is 1.90 bits per heavy atom. The average molecular weight is 470 g/mol. The Balaban J connectivity index is 0.00000300. The van der Waals surface area contributed by atoms with E-state index in [1.807, 2.05) is 48.0 Å². The normalized spacial score (nSPS) is 11.0. The third kappa shape index (κ3) is 6.60. The summed E-state index contributed by atoms with van der Waals surface area (Å²) in [6.07, 6.45) is 2.57. The Hall–Kier alpha value is -1.80. The van der Waals surface area contributed by atoms with Gasteiger partial charge in [-0.25, -0.2) is 9.97 Å². The van der Waals surface area contributed by atoms with E-state index < -0.39 is 10.7 Å². The van der Waals surface area contributed by atoms with Crippen molar-refractivity contribution in [3.63, 3.8) is 0 Å². The minimum atomic E-state index is -0.886. The maximum absolute atomic E-state index is 11.2. The minimum Gasteiger partial charge on any atom is -0.480 e. The van der Waals surface area contributed by atoms with Gasteiger partial charge >= 0.3 is 5.97 Å². The second kappa shape index (κ2) is 10.3. The summed E-state index contributed by atoms with van der Waals surface area (Å²) in [6, 6.07) is 11.6. The van der Waals surface area contributed by atoms with Gasteiger partial charge in [0, 0.05) is 35.1 Å². The zero-order valence-corrected chi connectivity index (χ0v) is 19.1. The van der Waals surface area contributed by atoms with Gasteiger partial charge in [-0.15, -0.1) is 23.7 Å². The minimum absolute atomic E-state index is 0. The molecule has 2 aromatic heterocycles. The molecule has 0 spiro atoms. The number of benzene rings is 1. The summed E-state index contributed by atoms with van der Waals surface area (Å²) in [6.45, 7) is 4.06. The van der Waals surface area contributed by atoms with E-state index in [2.05, 4.69) is 15.3 Å². The van der Waals surface area contributed by atoms with Gasteiger partial charge in [-0.3, -0.25) is 4.79 Å². The van der Waals surface area contributed by atoms with Gasteiger partial charge in [-0.1, -0.05) is 35.5 Å². The summed E-state index contributed by atoms with van der Waals surface area (Å²) in [7, 11) is 0. The zero-order chi connectivity index (χ0) is 20.1. The first-order valence-corrected chi connectivity index (χ1v) is 10.7. The van der Waals surface area contributed by atoms with E-state index in [0.29, 0.717) is 11.6 Å². The van der Waals surface area contributed by atoms with Crippen molar-refractivity contribution in [3.8, 4) is 11.1 Å². The number of anilines is 1. The zero-order valence-electron chi connectivity index (χ0n) is 15.9. The van der Waals surface area contributed by atoms with E-state index >= 15 is 0 Å². The molecule has 0 atom stereocenters. The number of carbonyl (C=O) groups is 1. The number of carboxylic acids is 1. The van der Waals surface area contributed by atoms with Crippen LogP contribution in [0.3, 0.4) is 0 Å². The third-order valence-corrected chi connectivity index (χ3v) is 6.44. The Labute approximate surface area is 189 Å². The number of pyridine rings is 1. The molecule has 9 heteroatoms. The Morgan fingerprint density at radius 3 is 2.52 bits per heavy atom. The van der Waals surface area contributed by atoms with Crippen molar-refractivity contribution in [3.05, 3.63) is 58.7 Å². The highest BCUT2D eigenvalue weighted by Gasteiger charge is 2.29. The van der Waals surface area contributed by atoms with Crippen molar-refractivity contribution in [2.45, 2.75) is 29.4 Å². The number of hydrogen-bond donors (Lipinski definition) is 2. The molecule has 0 fully saturated rings. The number of carboxylic acid groups (broad SMARTS) is 1. The maximum atomic E-state index is 11.2. The van der Waals surface area contributed by atoms with E-state index in [4.69, 9.17) is 11.6 Å². The summed E-state index contributed by atoms with van der Waals surface area (Å²) in [5.41, 5.74) is 3.05. The number of aliphatic carboxylic acids is 1. The average Bonchev–Trinajstić information content (AvgIpc) is 3.09. The maximum Gasteiger partial charge on any atom is 0.319 e. The van der Waals surface area contributed by atoms with Crippen LogP contribution in [0.25, 0.3) is 11.1 Å². The van der Waals surface area contributed by atoms with Crippen LogP contribution in [0.1, 0.15) is 19.5 Å². The van der Waals surface area contributed by atoms with Gasteiger partial charge in [-0.05, 0) is 43.7 Å². The summed E-state index contributed by atoms with van der Waals surface area (Å²) in [4.78, 5) is 20.2. The number of rotatable bonds is 8. The number of thioether (sulfide) groups is 1. The van der Waals surface area contributed by atoms with Crippen LogP contribution in [-0.4, -0.2) is 32.3 Å². The molecule has 0 aliphatic carbocycles. The highest BCUT2D eigenvalue weighted by atomic mass is 35.5. The SMILES string of the molecule is CC(C)(Sc1nc(CCNc2ccc(-c3ccc(Cl)cc3)cn2)cs1)C(=O)O.Cl. The molecule has 0 unspecified atom stereocenters. The second-order valence-corrected chi connectivity index (χ2v) is 9.80. The van der Waals surface area contributed by atoms with Crippen molar-refractivity contribution >= 4 is 58.9 Å². The fourth-order valence-electron chi connectivity index (χ4n) is 2.34. The first-order chi connectivity index (χ1) is 13.3. The molecule has 2 N–H and O–H groups in total. The largest absolute Gasteiger partial charge is 0.480 e. The molecule has 5 nitrogen and oxygen atoms in total. The topological polar surface area (TPSA) is 75.1 Å². The second-order valence-electron chi connectivity index (χ2n) is 6.64. The molecule has 2 heterocycles. The number of hydrogen-bond acceptors (Lipinski definition) is 6. The Kier molecular flexibility index (Phi) is 8.34. The van der Waals surface area contributed by atoms with E-state index in [1.165, 1.54) is 23.1 Å². The number of nitrogens with one attached hydrogen (secondary N) is 1.